The summed E-state index contributed by atoms with van der Waals surface area (Å²) in [5.74, 6) is 1.09. The van der Waals surface area contributed by atoms with Gasteiger partial charge in [0.2, 0.25) is 5.91 Å². The van der Waals surface area contributed by atoms with Gasteiger partial charge in [-0.15, -0.1) is 0 Å². The molecule has 0 radical (unpaired) electrons. The topological polar surface area (TPSA) is 99.9 Å². The van der Waals surface area contributed by atoms with Gasteiger partial charge in [-0.3, -0.25) is 9.59 Å². The van der Waals surface area contributed by atoms with E-state index < -0.39 is 12.0 Å². The summed E-state index contributed by atoms with van der Waals surface area (Å²) < 4.78 is 16.2. The van der Waals surface area contributed by atoms with Gasteiger partial charge in [-0.1, -0.05) is 36.4 Å². The van der Waals surface area contributed by atoms with Crippen molar-refractivity contribution in [2.75, 3.05) is 19.5 Å². The molecule has 0 fully saturated rings. The second kappa shape index (κ2) is 9.75. The van der Waals surface area contributed by atoms with Crippen LogP contribution in [0.3, 0.4) is 0 Å². The van der Waals surface area contributed by atoms with Gasteiger partial charge in [0, 0.05) is 5.69 Å². The van der Waals surface area contributed by atoms with Gasteiger partial charge < -0.3 is 25.3 Å². The van der Waals surface area contributed by atoms with Gasteiger partial charge in [0.25, 0.3) is 0 Å². The van der Waals surface area contributed by atoms with E-state index in [9.17, 15) is 9.59 Å². The Bertz CT molecular complexity index is 1160. The van der Waals surface area contributed by atoms with Crippen LogP contribution in [0.2, 0.25) is 0 Å². The first-order valence-electron chi connectivity index (χ1n) is 10.7. The molecule has 0 spiro atoms. The lowest BCUT2D eigenvalue weighted by atomic mass is 9.93. The normalized spacial score (nSPS) is 15.4. The van der Waals surface area contributed by atoms with Crippen LogP contribution in [0, 0.1) is 0 Å². The van der Waals surface area contributed by atoms with E-state index in [1.54, 1.807) is 7.11 Å². The van der Waals surface area contributed by atoms with Crippen LogP contribution in [0.1, 0.15) is 22.6 Å². The number of amides is 1. The Balaban J connectivity index is 1.45. The third-order valence-electron chi connectivity index (χ3n) is 5.69. The van der Waals surface area contributed by atoms with Gasteiger partial charge in [0.05, 0.1) is 20.1 Å². The highest BCUT2D eigenvalue weighted by Gasteiger charge is 2.30. The summed E-state index contributed by atoms with van der Waals surface area (Å²) >= 11 is 0. The highest BCUT2D eigenvalue weighted by Crippen LogP contribution is 2.37. The second-order valence-electron chi connectivity index (χ2n) is 7.90. The first kappa shape index (κ1) is 22.4. The predicted octanol–water partition coefficient (Wildman–Crippen LogP) is 3.81. The number of para-hydroxylation sites is 1. The standard InChI is InChI=1S/C26H26N2O5/c1-31-24-15-17(13-20-19-5-3-4-6-22(19)28-25(20)29)9-12-23(24)33-18-10-7-16(8-11-18)14-21(27)26(30)32-2/h3-12,15,20-21H,13-14,27H2,1-2H3,(H,28,29)/t20?,21-/m1/s1. The molecule has 3 aromatic rings. The van der Waals surface area contributed by atoms with E-state index in [1.165, 1.54) is 7.11 Å². The number of carbonyl (C=O) groups excluding carboxylic acids is 2. The Hall–Kier alpha value is -3.84. The van der Waals surface area contributed by atoms with Gasteiger partial charge in [-0.2, -0.15) is 0 Å². The number of nitrogens with two attached hydrogens (primary N) is 1. The lowest BCUT2D eigenvalue weighted by Gasteiger charge is -2.14. The maximum Gasteiger partial charge on any atom is 0.322 e. The van der Waals surface area contributed by atoms with Crippen LogP contribution in [0.4, 0.5) is 5.69 Å². The van der Waals surface area contributed by atoms with E-state index in [-0.39, 0.29) is 11.8 Å². The molecule has 0 aliphatic carbocycles. The number of carbonyl (C=O) groups is 2. The van der Waals surface area contributed by atoms with Crippen LogP contribution >= 0.6 is 0 Å². The monoisotopic (exact) mass is 446 g/mol. The Morgan fingerprint density at radius 3 is 2.45 bits per heavy atom. The van der Waals surface area contributed by atoms with Crippen LogP contribution in [0.25, 0.3) is 0 Å². The Morgan fingerprint density at radius 2 is 1.73 bits per heavy atom. The Labute approximate surface area is 192 Å². The molecule has 33 heavy (non-hydrogen) atoms. The first-order chi connectivity index (χ1) is 16.0. The smallest absolute Gasteiger partial charge is 0.322 e. The Kier molecular flexibility index (Phi) is 6.60. The molecule has 1 aliphatic heterocycles. The number of nitrogens with one attached hydrogen (secondary N) is 1. The predicted molar refractivity (Wildman–Crippen MR) is 125 cm³/mol. The quantitative estimate of drug-likeness (QED) is 0.511. The molecule has 0 saturated carbocycles. The molecule has 1 amide bonds. The summed E-state index contributed by atoms with van der Waals surface area (Å²) in [4.78, 5) is 23.9. The molecule has 1 aliphatic rings. The summed E-state index contributed by atoms with van der Waals surface area (Å²) in [7, 11) is 2.90. The van der Waals surface area contributed by atoms with Gasteiger partial charge in [0.1, 0.15) is 11.8 Å². The highest BCUT2D eigenvalue weighted by atomic mass is 16.5. The lowest BCUT2D eigenvalue weighted by molar-refractivity contribution is -0.142. The fourth-order valence-corrected chi connectivity index (χ4v) is 3.95. The van der Waals surface area contributed by atoms with Crippen molar-refractivity contribution in [3.63, 3.8) is 0 Å². The number of fused-ring (bicyclic) bond motifs is 1. The fraction of sp³-hybridized carbons (Fsp3) is 0.231. The number of hydrogen-bond donors (Lipinski definition) is 2. The maximum absolute atomic E-state index is 12.4. The van der Waals surface area contributed by atoms with Crippen LogP contribution in [-0.4, -0.2) is 32.1 Å². The summed E-state index contributed by atoms with van der Waals surface area (Å²) in [6.07, 6.45) is 0.942. The van der Waals surface area contributed by atoms with E-state index in [0.29, 0.717) is 30.1 Å². The molecule has 0 aromatic heterocycles. The minimum atomic E-state index is -0.705. The van der Waals surface area contributed by atoms with E-state index in [0.717, 1.165) is 22.4 Å². The van der Waals surface area contributed by atoms with Crippen molar-refractivity contribution in [2.24, 2.45) is 5.73 Å². The second-order valence-corrected chi connectivity index (χ2v) is 7.90. The zero-order valence-electron chi connectivity index (χ0n) is 18.5. The SMILES string of the molecule is COC(=O)[C@H](N)Cc1ccc(Oc2ccc(CC3C(=O)Nc4ccccc43)cc2OC)cc1. The van der Waals surface area contributed by atoms with Crippen molar-refractivity contribution in [3.05, 3.63) is 83.4 Å². The van der Waals surface area contributed by atoms with Crippen LogP contribution in [0.15, 0.2) is 66.7 Å². The summed E-state index contributed by atoms with van der Waals surface area (Å²) in [6.45, 7) is 0. The van der Waals surface area contributed by atoms with Gasteiger partial charge in [-0.05, 0) is 59.9 Å². The van der Waals surface area contributed by atoms with Crippen LogP contribution < -0.4 is 20.5 Å². The molecule has 0 saturated heterocycles. The minimum absolute atomic E-state index is 0.00232. The van der Waals surface area contributed by atoms with Gasteiger partial charge in [-0.25, -0.2) is 0 Å². The first-order valence-corrected chi connectivity index (χ1v) is 10.7. The molecule has 1 unspecified atom stereocenters. The summed E-state index contributed by atoms with van der Waals surface area (Å²) in [5.41, 5.74) is 9.57. The van der Waals surface area contributed by atoms with Crippen LogP contribution in [0.5, 0.6) is 17.2 Å². The molecule has 3 N–H and O–H groups in total. The van der Waals surface area contributed by atoms with E-state index in [4.69, 9.17) is 15.2 Å². The van der Waals surface area contributed by atoms with Gasteiger partial charge in [0.15, 0.2) is 11.5 Å². The third kappa shape index (κ3) is 4.99. The number of esters is 1. The van der Waals surface area contributed by atoms with Crippen molar-refractivity contribution >= 4 is 17.6 Å². The third-order valence-corrected chi connectivity index (χ3v) is 5.69. The number of rotatable bonds is 8. The van der Waals surface area contributed by atoms with E-state index in [2.05, 4.69) is 10.1 Å². The number of anilines is 1. The number of ether oxygens (including phenoxy) is 3. The molecule has 3 aromatic carbocycles. The van der Waals surface area contributed by atoms with Crippen molar-refractivity contribution in [3.8, 4) is 17.2 Å². The molecule has 2 atom stereocenters. The number of benzene rings is 3. The average molecular weight is 447 g/mol. The lowest BCUT2D eigenvalue weighted by Crippen LogP contribution is -2.33. The molecule has 7 heteroatoms. The average Bonchev–Trinajstić information content (AvgIpc) is 3.15. The Morgan fingerprint density at radius 1 is 1.00 bits per heavy atom. The van der Waals surface area contributed by atoms with E-state index in [1.807, 2.05) is 66.7 Å². The zero-order chi connectivity index (χ0) is 23.4. The number of hydrogen-bond acceptors (Lipinski definition) is 6. The van der Waals surface area contributed by atoms with Crippen molar-refractivity contribution in [1.29, 1.82) is 0 Å². The highest BCUT2D eigenvalue weighted by molar-refractivity contribution is 6.03. The zero-order valence-corrected chi connectivity index (χ0v) is 18.5. The van der Waals surface area contributed by atoms with Crippen molar-refractivity contribution in [2.45, 2.75) is 24.8 Å². The molecular formula is C26H26N2O5. The fourth-order valence-electron chi connectivity index (χ4n) is 3.95. The van der Waals surface area contributed by atoms with Gasteiger partial charge >= 0.3 is 5.97 Å². The summed E-state index contributed by atoms with van der Waals surface area (Å²) in [5, 5.41) is 2.94. The minimum Gasteiger partial charge on any atom is -0.493 e. The molecule has 4 rings (SSSR count). The van der Waals surface area contributed by atoms with Crippen LogP contribution in [-0.2, 0) is 27.2 Å². The van der Waals surface area contributed by atoms with Crippen molar-refractivity contribution < 1.29 is 23.8 Å². The molecule has 0 bridgehead atoms. The molecular weight excluding hydrogens is 420 g/mol. The van der Waals surface area contributed by atoms with E-state index >= 15 is 0 Å². The largest absolute Gasteiger partial charge is 0.493 e. The van der Waals surface area contributed by atoms with Crippen molar-refractivity contribution in [1.82, 2.24) is 0 Å². The molecule has 170 valence electrons. The number of methoxy groups -OCH3 is 2. The maximum atomic E-state index is 12.4. The summed E-state index contributed by atoms with van der Waals surface area (Å²) in [6, 6.07) is 20.1. The molecule has 7 nitrogen and oxygen atoms in total. The molecule has 1 heterocycles.